The number of benzene rings is 1. The molecule has 0 bridgehead atoms. The summed E-state index contributed by atoms with van der Waals surface area (Å²) in [7, 11) is 1.09. The molecule has 1 aromatic rings. The summed E-state index contributed by atoms with van der Waals surface area (Å²) >= 11 is 0. The topological polar surface area (TPSA) is 123 Å². The number of amides is 4. The second-order valence-corrected chi connectivity index (χ2v) is 10.0. The zero-order valence-corrected chi connectivity index (χ0v) is 22.9. The Balaban J connectivity index is 0.00000187. The molecule has 222 valence electrons. The van der Waals surface area contributed by atoms with Gasteiger partial charge in [-0.3, -0.25) is 19.2 Å². The van der Waals surface area contributed by atoms with Crippen LogP contribution < -0.4 is 10.6 Å². The molecule has 0 radical (unpaired) electrons. The number of para-hydroxylation sites is 1. The third-order valence-electron chi connectivity index (χ3n) is 5.56. The third kappa shape index (κ3) is 9.17. The van der Waals surface area contributed by atoms with E-state index in [-0.39, 0.29) is 13.0 Å². The lowest BCUT2D eigenvalue weighted by Crippen LogP contribution is -2.58. The van der Waals surface area contributed by atoms with Crippen LogP contribution in [-0.2, 0) is 19.2 Å². The number of hydrogen-bond donors (Lipinski definition) is 2. The highest BCUT2D eigenvalue weighted by Crippen LogP contribution is 2.35. The second-order valence-electron chi connectivity index (χ2n) is 10.0. The summed E-state index contributed by atoms with van der Waals surface area (Å²) in [5, 5.41) is 13.5. The van der Waals surface area contributed by atoms with E-state index in [2.05, 4.69) is 26.1 Å². The number of carbonyl (C=O) groups is 4. The molecule has 1 heterocycles. The molecule has 0 saturated carbocycles. The van der Waals surface area contributed by atoms with Gasteiger partial charge in [0.25, 0.3) is 5.91 Å². The first-order valence-corrected chi connectivity index (χ1v) is 12.4. The van der Waals surface area contributed by atoms with Crippen molar-refractivity contribution in [3.05, 3.63) is 30.3 Å². The molecular weight excluding hydrogens is 541 g/mol. The van der Waals surface area contributed by atoms with Gasteiger partial charge in [0, 0.05) is 19.3 Å². The average Bonchev–Trinajstić information content (AvgIpc) is 3.33. The standard InChI is InChI=1S/C22H24F5N5O4.C4H10/c1-13(29-20(36)22(26,27)21(24,25)12-23)19(35)31(2)11-17(33)32-10-14(8-16(32)9-28)18(34)30-15-6-4-3-5-7-15;1-4(2)3/h3-7,13-14,16H,8,10-12H2,1-2H3,(H,29,36)(H,30,34);4H,1-3H3. The lowest BCUT2D eigenvalue weighted by atomic mass is 10.1. The van der Waals surface area contributed by atoms with Crippen molar-refractivity contribution in [3.8, 4) is 6.07 Å². The van der Waals surface area contributed by atoms with Crippen molar-refractivity contribution < 1.29 is 41.1 Å². The Kier molecular flexibility index (Phi) is 12.5. The minimum absolute atomic E-state index is 0.0445. The fraction of sp³-hybridized carbons (Fsp3) is 0.577. The Morgan fingerprint density at radius 2 is 1.65 bits per heavy atom. The van der Waals surface area contributed by atoms with Gasteiger partial charge < -0.3 is 20.4 Å². The smallest absolute Gasteiger partial charge is 0.339 e. The number of likely N-dealkylation sites (tertiary alicyclic amines) is 1. The minimum Gasteiger partial charge on any atom is -0.339 e. The van der Waals surface area contributed by atoms with E-state index in [1.165, 1.54) is 5.32 Å². The predicted octanol–water partition coefficient (Wildman–Crippen LogP) is 3.23. The lowest BCUT2D eigenvalue weighted by Gasteiger charge is -2.27. The van der Waals surface area contributed by atoms with E-state index in [9.17, 15) is 46.4 Å². The van der Waals surface area contributed by atoms with Crippen LogP contribution in [-0.4, -0.2) is 84.2 Å². The summed E-state index contributed by atoms with van der Waals surface area (Å²) in [6, 6.07) is 7.68. The van der Waals surface area contributed by atoms with Crippen LogP contribution in [0.4, 0.5) is 27.6 Å². The third-order valence-corrected chi connectivity index (χ3v) is 5.56. The molecule has 3 atom stereocenters. The quantitative estimate of drug-likeness (QED) is 0.438. The first kappa shape index (κ1) is 34.3. The van der Waals surface area contributed by atoms with Crippen LogP contribution in [0.25, 0.3) is 0 Å². The van der Waals surface area contributed by atoms with Crippen LogP contribution in [0.2, 0.25) is 0 Å². The van der Waals surface area contributed by atoms with Gasteiger partial charge in [0.1, 0.15) is 12.1 Å². The Bertz CT molecular complexity index is 1080. The number of carbonyl (C=O) groups excluding carboxylic acids is 4. The van der Waals surface area contributed by atoms with Gasteiger partial charge in [0.15, 0.2) is 6.67 Å². The van der Waals surface area contributed by atoms with Crippen LogP contribution >= 0.6 is 0 Å². The van der Waals surface area contributed by atoms with Crippen LogP contribution in [0.1, 0.15) is 34.1 Å². The maximum Gasteiger partial charge on any atom is 0.388 e. The van der Waals surface area contributed by atoms with Gasteiger partial charge >= 0.3 is 11.8 Å². The Labute approximate surface area is 229 Å². The molecule has 1 aromatic carbocycles. The zero-order chi connectivity index (χ0) is 30.8. The molecule has 3 unspecified atom stereocenters. The predicted molar refractivity (Wildman–Crippen MR) is 136 cm³/mol. The van der Waals surface area contributed by atoms with E-state index in [1.54, 1.807) is 30.3 Å². The molecule has 1 fully saturated rings. The van der Waals surface area contributed by atoms with E-state index in [1.807, 2.05) is 6.07 Å². The van der Waals surface area contributed by atoms with Crippen molar-refractivity contribution in [2.24, 2.45) is 11.8 Å². The maximum atomic E-state index is 13.5. The molecule has 9 nitrogen and oxygen atoms in total. The van der Waals surface area contributed by atoms with E-state index in [0.717, 1.165) is 29.7 Å². The number of hydrogen-bond acceptors (Lipinski definition) is 5. The van der Waals surface area contributed by atoms with E-state index < -0.39 is 66.7 Å². The van der Waals surface area contributed by atoms with Crippen LogP contribution in [0.3, 0.4) is 0 Å². The number of alkyl halides is 5. The summed E-state index contributed by atoms with van der Waals surface area (Å²) in [6.07, 6.45) is 0.0445. The molecule has 2 rings (SSSR count). The number of anilines is 1. The summed E-state index contributed by atoms with van der Waals surface area (Å²) in [6.45, 7) is 3.86. The SMILES string of the molecule is CC(C)C.CC(NC(=O)C(F)(F)C(F)(F)CF)C(=O)N(C)CC(=O)N1CC(C(=O)Nc2ccccc2)CC1C#N. The van der Waals surface area contributed by atoms with Gasteiger partial charge in [-0.15, -0.1) is 0 Å². The molecular formula is C26H34F5N5O4. The van der Waals surface area contributed by atoms with Gasteiger partial charge in [-0.1, -0.05) is 39.0 Å². The number of halogens is 5. The van der Waals surface area contributed by atoms with Gasteiger partial charge in [-0.25, -0.2) is 4.39 Å². The van der Waals surface area contributed by atoms with E-state index in [4.69, 9.17) is 0 Å². The van der Waals surface area contributed by atoms with Crippen molar-refractivity contribution in [1.29, 1.82) is 5.26 Å². The summed E-state index contributed by atoms with van der Waals surface area (Å²) in [5.74, 6) is -15.3. The highest BCUT2D eigenvalue weighted by atomic mass is 19.3. The largest absolute Gasteiger partial charge is 0.388 e. The molecule has 1 aliphatic heterocycles. The number of rotatable bonds is 9. The highest BCUT2D eigenvalue weighted by Gasteiger charge is 2.62. The first-order valence-electron chi connectivity index (χ1n) is 12.4. The normalized spacial score (nSPS) is 17.7. The van der Waals surface area contributed by atoms with Gasteiger partial charge in [0.2, 0.25) is 17.7 Å². The summed E-state index contributed by atoms with van der Waals surface area (Å²) in [5.41, 5.74) is 0.525. The minimum atomic E-state index is -5.41. The molecule has 14 heteroatoms. The Morgan fingerprint density at radius 1 is 1.10 bits per heavy atom. The monoisotopic (exact) mass is 575 g/mol. The molecule has 4 amide bonds. The number of likely N-dealkylation sites (N-methyl/N-ethyl adjacent to an activating group) is 1. The zero-order valence-electron chi connectivity index (χ0n) is 22.9. The first-order chi connectivity index (χ1) is 18.5. The molecule has 0 aromatic heterocycles. The van der Waals surface area contributed by atoms with E-state index in [0.29, 0.717) is 5.69 Å². The molecule has 0 spiro atoms. The molecule has 1 saturated heterocycles. The van der Waals surface area contributed by atoms with E-state index >= 15 is 0 Å². The van der Waals surface area contributed by atoms with Crippen LogP contribution in [0.5, 0.6) is 0 Å². The van der Waals surface area contributed by atoms with Crippen molar-refractivity contribution in [2.45, 2.75) is 58.0 Å². The number of nitriles is 1. The van der Waals surface area contributed by atoms with Crippen molar-refractivity contribution in [2.75, 3.05) is 32.1 Å². The molecule has 0 aliphatic carbocycles. The highest BCUT2D eigenvalue weighted by molar-refractivity contribution is 5.95. The van der Waals surface area contributed by atoms with Crippen molar-refractivity contribution >= 4 is 29.3 Å². The maximum absolute atomic E-state index is 13.5. The van der Waals surface area contributed by atoms with Crippen LogP contribution in [0, 0.1) is 23.2 Å². The summed E-state index contributed by atoms with van der Waals surface area (Å²) < 4.78 is 65.3. The van der Waals surface area contributed by atoms with Gasteiger partial charge in [0.05, 0.1) is 18.5 Å². The number of nitrogens with one attached hydrogen (secondary N) is 2. The fourth-order valence-electron chi connectivity index (χ4n) is 3.49. The fourth-order valence-corrected chi connectivity index (χ4v) is 3.49. The van der Waals surface area contributed by atoms with Crippen molar-refractivity contribution in [3.63, 3.8) is 0 Å². The lowest BCUT2D eigenvalue weighted by molar-refractivity contribution is -0.215. The Morgan fingerprint density at radius 3 is 2.15 bits per heavy atom. The molecule has 2 N–H and O–H groups in total. The van der Waals surface area contributed by atoms with Crippen molar-refractivity contribution in [1.82, 2.24) is 15.1 Å². The molecule has 1 aliphatic rings. The average molecular weight is 576 g/mol. The summed E-state index contributed by atoms with van der Waals surface area (Å²) in [4.78, 5) is 51.0. The number of nitrogens with zero attached hydrogens (tertiary/aromatic N) is 3. The van der Waals surface area contributed by atoms with Crippen LogP contribution in [0.15, 0.2) is 30.3 Å². The van der Waals surface area contributed by atoms with Gasteiger partial charge in [-0.05, 0) is 31.4 Å². The second kappa shape index (κ2) is 14.6. The molecule has 40 heavy (non-hydrogen) atoms. The Hall–Kier alpha value is -3.76. The van der Waals surface area contributed by atoms with Gasteiger partial charge in [-0.2, -0.15) is 22.8 Å².